The summed E-state index contributed by atoms with van der Waals surface area (Å²) < 4.78 is 1.82. The van der Waals surface area contributed by atoms with Crippen molar-refractivity contribution >= 4 is 11.8 Å². The quantitative estimate of drug-likeness (QED) is 0.796. The van der Waals surface area contributed by atoms with E-state index in [-0.39, 0.29) is 0 Å². The first-order chi connectivity index (χ1) is 9.65. The van der Waals surface area contributed by atoms with Gasteiger partial charge in [0.25, 0.3) is 0 Å². The predicted molar refractivity (Wildman–Crippen MR) is 83.6 cm³/mol. The van der Waals surface area contributed by atoms with Gasteiger partial charge in [-0.25, -0.2) is 4.98 Å². The Balaban J connectivity index is 1.81. The first kappa shape index (κ1) is 15.1. The van der Waals surface area contributed by atoms with E-state index in [2.05, 4.69) is 53.5 Å². The second-order valence-corrected chi connectivity index (χ2v) is 6.31. The lowest BCUT2D eigenvalue weighted by atomic mass is 10.2. The minimum absolute atomic E-state index is 0.691. The average molecular weight is 290 g/mol. The highest BCUT2D eigenvalue weighted by molar-refractivity contribution is 7.98. The van der Waals surface area contributed by atoms with Crippen molar-refractivity contribution in [3.8, 4) is 0 Å². The molecule has 0 aliphatic rings. The Morgan fingerprint density at radius 3 is 2.60 bits per heavy atom. The van der Waals surface area contributed by atoms with Crippen molar-refractivity contribution in [1.82, 2.24) is 20.1 Å². The van der Waals surface area contributed by atoms with Crippen LogP contribution in [0.2, 0.25) is 0 Å². The van der Waals surface area contributed by atoms with E-state index < -0.39 is 0 Å². The van der Waals surface area contributed by atoms with Gasteiger partial charge in [-0.2, -0.15) is 5.10 Å². The summed E-state index contributed by atoms with van der Waals surface area (Å²) in [6, 6.07) is 8.72. The van der Waals surface area contributed by atoms with Crippen LogP contribution >= 0.6 is 11.8 Å². The number of rotatable bonds is 7. The maximum absolute atomic E-state index is 4.23. The molecule has 0 aliphatic carbocycles. The summed E-state index contributed by atoms with van der Waals surface area (Å²) in [6.45, 7) is 6.44. The molecule has 0 saturated carbocycles. The average Bonchev–Trinajstić information content (AvgIpc) is 2.83. The van der Waals surface area contributed by atoms with Crippen LogP contribution in [0.3, 0.4) is 0 Å². The van der Waals surface area contributed by atoms with Gasteiger partial charge in [-0.05, 0) is 30.2 Å². The van der Waals surface area contributed by atoms with E-state index >= 15 is 0 Å². The highest BCUT2D eigenvalue weighted by atomic mass is 32.2. The SMILES string of the molecule is CC(C)CNCc1ccc(SCc2ncnn2C)cc1. The van der Waals surface area contributed by atoms with Crippen LogP contribution in [0.15, 0.2) is 35.5 Å². The Bertz CT molecular complexity index is 519. The highest BCUT2D eigenvalue weighted by Crippen LogP contribution is 2.21. The molecule has 1 N–H and O–H groups in total. The molecule has 0 atom stereocenters. The molecule has 1 aromatic carbocycles. The minimum Gasteiger partial charge on any atom is -0.312 e. The van der Waals surface area contributed by atoms with Gasteiger partial charge in [-0.3, -0.25) is 4.68 Å². The lowest BCUT2D eigenvalue weighted by Gasteiger charge is -2.08. The van der Waals surface area contributed by atoms with E-state index in [0.29, 0.717) is 5.92 Å². The van der Waals surface area contributed by atoms with Gasteiger partial charge < -0.3 is 5.32 Å². The third-order valence-corrected chi connectivity index (χ3v) is 3.99. The van der Waals surface area contributed by atoms with Gasteiger partial charge in [-0.1, -0.05) is 26.0 Å². The molecule has 0 radical (unpaired) electrons. The summed E-state index contributed by atoms with van der Waals surface area (Å²) >= 11 is 1.79. The molecule has 2 rings (SSSR count). The third-order valence-electron chi connectivity index (χ3n) is 2.98. The van der Waals surface area contributed by atoms with Crippen molar-refractivity contribution in [2.75, 3.05) is 6.54 Å². The zero-order valence-corrected chi connectivity index (χ0v) is 13.2. The highest BCUT2D eigenvalue weighted by Gasteiger charge is 2.02. The van der Waals surface area contributed by atoms with E-state index in [4.69, 9.17) is 0 Å². The molecule has 0 spiro atoms. The third kappa shape index (κ3) is 4.65. The molecule has 0 fully saturated rings. The minimum atomic E-state index is 0.691. The molecule has 108 valence electrons. The Morgan fingerprint density at radius 1 is 1.25 bits per heavy atom. The van der Waals surface area contributed by atoms with Gasteiger partial charge in [0.15, 0.2) is 0 Å². The lowest BCUT2D eigenvalue weighted by molar-refractivity contribution is 0.552. The second-order valence-electron chi connectivity index (χ2n) is 5.26. The lowest BCUT2D eigenvalue weighted by Crippen LogP contribution is -2.18. The van der Waals surface area contributed by atoms with Gasteiger partial charge in [0.1, 0.15) is 12.2 Å². The zero-order valence-electron chi connectivity index (χ0n) is 12.3. The summed E-state index contributed by atoms with van der Waals surface area (Å²) in [5.41, 5.74) is 1.33. The predicted octanol–water partition coefficient (Wildman–Crippen LogP) is 2.85. The molecule has 5 heteroatoms. The molecular weight excluding hydrogens is 268 g/mol. The molecule has 4 nitrogen and oxygen atoms in total. The van der Waals surface area contributed by atoms with Crippen molar-refractivity contribution in [3.63, 3.8) is 0 Å². The molecule has 1 aromatic heterocycles. The van der Waals surface area contributed by atoms with Crippen LogP contribution < -0.4 is 5.32 Å². The molecule has 0 amide bonds. The van der Waals surface area contributed by atoms with Gasteiger partial charge in [-0.15, -0.1) is 11.8 Å². The van der Waals surface area contributed by atoms with Crippen LogP contribution in [0, 0.1) is 5.92 Å². The van der Waals surface area contributed by atoms with E-state index in [1.165, 1.54) is 10.5 Å². The summed E-state index contributed by atoms with van der Waals surface area (Å²) in [6.07, 6.45) is 1.60. The van der Waals surface area contributed by atoms with Gasteiger partial charge in [0.2, 0.25) is 0 Å². The molecule has 1 heterocycles. The van der Waals surface area contributed by atoms with Crippen LogP contribution in [0.5, 0.6) is 0 Å². The van der Waals surface area contributed by atoms with Crippen LogP contribution in [-0.2, 0) is 19.3 Å². The topological polar surface area (TPSA) is 42.7 Å². The fourth-order valence-electron chi connectivity index (χ4n) is 1.81. The molecule has 20 heavy (non-hydrogen) atoms. The Kier molecular flexibility index (Phi) is 5.61. The summed E-state index contributed by atoms with van der Waals surface area (Å²) in [7, 11) is 1.92. The molecule has 0 unspecified atom stereocenters. The zero-order chi connectivity index (χ0) is 14.4. The van der Waals surface area contributed by atoms with Crippen LogP contribution in [0.25, 0.3) is 0 Å². The number of nitrogens with one attached hydrogen (secondary N) is 1. The number of benzene rings is 1. The van der Waals surface area contributed by atoms with E-state index in [1.807, 2.05) is 11.7 Å². The molecular formula is C15H22N4S. The van der Waals surface area contributed by atoms with E-state index in [0.717, 1.165) is 24.7 Å². The van der Waals surface area contributed by atoms with Crippen molar-refractivity contribution < 1.29 is 0 Å². The van der Waals surface area contributed by atoms with Gasteiger partial charge in [0.05, 0.1) is 5.75 Å². The number of thioether (sulfide) groups is 1. The Labute approximate surface area is 125 Å². The molecule has 2 aromatic rings. The Morgan fingerprint density at radius 2 is 2.00 bits per heavy atom. The Hall–Kier alpha value is -1.33. The smallest absolute Gasteiger partial charge is 0.138 e. The van der Waals surface area contributed by atoms with Crippen LogP contribution in [0.1, 0.15) is 25.2 Å². The molecule has 0 bridgehead atoms. The number of hydrogen-bond acceptors (Lipinski definition) is 4. The standard InChI is InChI=1S/C15H22N4S/c1-12(2)8-16-9-13-4-6-14(7-5-13)20-10-15-17-11-18-19(15)3/h4-7,11-12,16H,8-10H2,1-3H3. The van der Waals surface area contributed by atoms with E-state index in [9.17, 15) is 0 Å². The number of hydrogen-bond donors (Lipinski definition) is 1. The maximum Gasteiger partial charge on any atom is 0.138 e. The fourth-order valence-corrected chi connectivity index (χ4v) is 2.69. The first-order valence-corrected chi connectivity index (χ1v) is 7.89. The van der Waals surface area contributed by atoms with Crippen molar-refractivity contribution in [1.29, 1.82) is 0 Å². The number of aryl methyl sites for hydroxylation is 1. The number of nitrogens with zero attached hydrogens (tertiary/aromatic N) is 3. The maximum atomic E-state index is 4.23. The first-order valence-electron chi connectivity index (χ1n) is 6.90. The normalized spacial score (nSPS) is 11.2. The van der Waals surface area contributed by atoms with Gasteiger partial charge in [0, 0.05) is 18.5 Å². The monoisotopic (exact) mass is 290 g/mol. The van der Waals surface area contributed by atoms with Crippen molar-refractivity contribution in [2.45, 2.75) is 31.0 Å². The molecule has 0 saturated heterocycles. The van der Waals surface area contributed by atoms with Crippen molar-refractivity contribution in [2.24, 2.45) is 13.0 Å². The largest absolute Gasteiger partial charge is 0.312 e. The summed E-state index contributed by atoms with van der Waals surface area (Å²) in [4.78, 5) is 5.49. The number of aromatic nitrogens is 3. The van der Waals surface area contributed by atoms with Crippen molar-refractivity contribution in [3.05, 3.63) is 42.0 Å². The molecule has 0 aliphatic heterocycles. The van der Waals surface area contributed by atoms with E-state index in [1.54, 1.807) is 18.1 Å². The van der Waals surface area contributed by atoms with Gasteiger partial charge >= 0.3 is 0 Å². The van der Waals surface area contributed by atoms with Crippen LogP contribution in [-0.4, -0.2) is 21.3 Å². The van der Waals surface area contributed by atoms with Crippen LogP contribution in [0.4, 0.5) is 0 Å². The fraction of sp³-hybridized carbons (Fsp3) is 0.467. The summed E-state index contributed by atoms with van der Waals surface area (Å²) in [5, 5.41) is 7.53. The second kappa shape index (κ2) is 7.45. The summed E-state index contributed by atoms with van der Waals surface area (Å²) in [5.74, 6) is 2.54.